The summed E-state index contributed by atoms with van der Waals surface area (Å²) in [6.45, 7) is 7.05. The van der Waals surface area contributed by atoms with Crippen LogP contribution in [0.3, 0.4) is 0 Å². The molecule has 1 aliphatic rings. The first-order valence-corrected chi connectivity index (χ1v) is 12.8. The molecule has 11 heteroatoms. The largest absolute Gasteiger partial charge is 0.507 e. The predicted octanol–water partition coefficient (Wildman–Crippen LogP) is 3.31. The van der Waals surface area contributed by atoms with Gasteiger partial charge in [-0.05, 0) is 61.7 Å². The van der Waals surface area contributed by atoms with Crippen molar-refractivity contribution in [3.8, 4) is 11.4 Å². The number of benzene rings is 2. The summed E-state index contributed by atoms with van der Waals surface area (Å²) < 4.78 is 1.37. The Labute approximate surface area is 231 Å². The number of hydrogen-bond donors (Lipinski definition) is 6. The topological polar surface area (TPSA) is 173 Å². The number of aromatic nitrogens is 2. The van der Waals surface area contributed by atoms with E-state index in [1.807, 2.05) is 32.0 Å². The number of aliphatic hydroxyl groups excluding tert-OH is 2. The number of azo groups is 1. The minimum atomic E-state index is -1.70. The normalized spacial score (nSPS) is 16.5. The molecule has 212 valence electrons. The quantitative estimate of drug-likeness (QED) is 0.175. The van der Waals surface area contributed by atoms with Crippen LogP contribution in [0.15, 0.2) is 75.7 Å². The number of phenols is 1. The van der Waals surface area contributed by atoms with E-state index in [0.717, 1.165) is 11.1 Å². The van der Waals surface area contributed by atoms with Crippen LogP contribution in [0, 0.1) is 20.8 Å². The molecule has 0 fully saturated rings. The number of aryl methyl sites for hydroxylation is 3. The minimum absolute atomic E-state index is 0.0191. The second-order valence-corrected chi connectivity index (χ2v) is 9.37. The van der Waals surface area contributed by atoms with Crippen molar-refractivity contribution in [1.29, 1.82) is 0 Å². The molecule has 1 atom stereocenters. The highest BCUT2D eigenvalue weighted by molar-refractivity contribution is 5.88. The third kappa shape index (κ3) is 7.00. The summed E-state index contributed by atoms with van der Waals surface area (Å²) in [4.78, 5) is 25.3. The number of allylic oxidation sites excluding steroid dienone is 2. The van der Waals surface area contributed by atoms with Crippen LogP contribution in [0.4, 0.5) is 5.69 Å². The Bertz CT molecular complexity index is 1480. The number of carboxylic acid groups (broad SMARTS) is 1. The molecule has 6 N–H and O–H groups in total. The van der Waals surface area contributed by atoms with E-state index in [2.05, 4.69) is 20.6 Å². The number of aromatic amines is 1. The molecule has 4 rings (SSSR count). The average Bonchev–Trinajstić information content (AvgIpc) is 3.22. The zero-order valence-corrected chi connectivity index (χ0v) is 22.8. The smallest absolute Gasteiger partial charge is 0.337 e. The Kier molecular flexibility index (Phi) is 10.3. The Hall–Kier alpha value is -4.32. The van der Waals surface area contributed by atoms with E-state index >= 15 is 0 Å². The first-order chi connectivity index (χ1) is 19.1. The number of aromatic hydroxyl groups is 1. The number of rotatable bonds is 9. The third-order valence-electron chi connectivity index (χ3n) is 6.44. The highest BCUT2D eigenvalue weighted by atomic mass is 16.4. The number of carboxylic acids is 1. The van der Waals surface area contributed by atoms with Gasteiger partial charge >= 0.3 is 5.97 Å². The van der Waals surface area contributed by atoms with E-state index in [4.69, 9.17) is 10.2 Å². The predicted molar refractivity (Wildman–Crippen MR) is 152 cm³/mol. The molecule has 0 saturated carbocycles. The number of carbonyl (C=O) groups is 1. The monoisotopic (exact) mass is 549 g/mol. The SMILES string of the molecule is Cc1ccc(-n2[nH]c(C)c(N=NC3(C(=O)O)C=CC=C(c4ccccc4O)C3)c2=O)cc1C.OCCNCCO. The summed E-state index contributed by atoms with van der Waals surface area (Å²) in [6, 6.07) is 12.3. The number of nitrogens with one attached hydrogen (secondary N) is 2. The van der Waals surface area contributed by atoms with Gasteiger partial charge < -0.3 is 25.7 Å². The molecule has 0 radical (unpaired) electrons. The molecule has 3 aromatic rings. The summed E-state index contributed by atoms with van der Waals surface area (Å²) in [6.07, 6.45) is 4.73. The lowest BCUT2D eigenvalue weighted by Gasteiger charge is -2.24. The molecule has 1 aliphatic carbocycles. The lowest BCUT2D eigenvalue weighted by molar-refractivity contribution is -0.141. The lowest BCUT2D eigenvalue weighted by Crippen LogP contribution is -2.35. The van der Waals surface area contributed by atoms with Crippen molar-refractivity contribution in [1.82, 2.24) is 15.1 Å². The molecule has 1 heterocycles. The summed E-state index contributed by atoms with van der Waals surface area (Å²) in [5.41, 5.74) is 2.33. The molecule has 1 unspecified atom stereocenters. The van der Waals surface area contributed by atoms with E-state index in [-0.39, 0.29) is 31.1 Å². The number of nitrogens with zero attached hydrogens (tertiary/aromatic N) is 3. The van der Waals surface area contributed by atoms with Gasteiger partial charge in [0.25, 0.3) is 5.56 Å². The van der Waals surface area contributed by atoms with Crippen LogP contribution in [0.25, 0.3) is 11.3 Å². The Balaban J connectivity index is 0.000000559. The fourth-order valence-electron chi connectivity index (χ4n) is 4.04. The Morgan fingerprint density at radius 2 is 1.77 bits per heavy atom. The fourth-order valence-corrected chi connectivity index (χ4v) is 4.04. The van der Waals surface area contributed by atoms with E-state index < -0.39 is 17.1 Å². The van der Waals surface area contributed by atoms with E-state index in [0.29, 0.717) is 35.6 Å². The second kappa shape index (κ2) is 13.7. The number of H-pyrrole nitrogens is 1. The molecule has 0 spiro atoms. The molecule has 0 bridgehead atoms. The van der Waals surface area contributed by atoms with E-state index in [1.165, 1.54) is 16.8 Å². The van der Waals surface area contributed by atoms with Crippen molar-refractivity contribution in [2.75, 3.05) is 26.3 Å². The van der Waals surface area contributed by atoms with Crippen molar-refractivity contribution in [2.24, 2.45) is 10.2 Å². The number of hydrogen-bond acceptors (Lipinski definition) is 8. The van der Waals surface area contributed by atoms with Gasteiger partial charge in [-0.2, -0.15) is 5.11 Å². The van der Waals surface area contributed by atoms with Crippen LogP contribution in [-0.2, 0) is 4.79 Å². The maximum atomic E-state index is 13.0. The second-order valence-electron chi connectivity index (χ2n) is 9.37. The summed E-state index contributed by atoms with van der Waals surface area (Å²) in [5, 5.41) is 50.5. The summed E-state index contributed by atoms with van der Waals surface area (Å²) in [7, 11) is 0. The van der Waals surface area contributed by atoms with Gasteiger partial charge in [0, 0.05) is 25.1 Å². The van der Waals surface area contributed by atoms with E-state index in [9.17, 15) is 19.8 Å². The standard InChI is InChI=1S/C25H24N4O4.C4H11NO2/c1-15-10-11-19(13-16(15)2)29-23(31)22(17(3)27-29)26-28-25(24(32)33)12-6-7-18(14-25)20-8-4-5-9-21(20)30;6-3-1-5-2-4-7/h4-13,27,30H,14H2,1-3H3,(H,32,33);5-7H,1-4H2. The van der Waals surface area contributed by atoms with Crippen molar-refractivity contribution in [3.05, 3.63) is 93.4 Å². The van der Waals surface area contributed by atoms with Crippen LogP contribution < -0.4 is 10.9 Å². The Morgan fingerprint density at radius 3 is 2.40 bits per heavy atom. The van der Waals surface area contributed by atoms with Crippen molar-refractivity contribution in [3.63, 3.8) is 0 Å². The first kappa shape index (κ1) is 30.2. The van der Waals surface area contributed by atoms with Gasteiger partial charge in [-0.1, -0.05) is 36.4 Å². The molecule has 2 aromatic carbocycles. The molecule has 11 nitrogen and oxygen atoms in total. The van der Waals surface area contributed by atoms with E-state index in [1.54, 1.807) is 37.3 Å². The van der Waals surface area contributed by atoms with Gasteiger partial charge in [-0.3, -0.25) is 9.89 Å². The average molecular weight is 550 g/mol. The van der Waals surface area contributed by atoms with Crippen LogP contribution in [-0.4, -0.2) is 68.0 Å². The Morgan fingerprint density at radius 1 is 1.07 bits per heavy atom. The van der Waals surface area contributed by atoms with Crippen LogP contribution in [0.5, 0.6) is 5.75 Å². The van der Waals surface area contributed by atoms with Gasteiger partial charge in [-0.25, -0.2) is 9.48 Å². The summed E-state index contributed by atoms with van der Waals surface area (Å²) in [5.74, 6) is -1.15. The van der Waals surface area contributed by atoms with Crippen LogP contribution in [0.2, 0.25) is 0 Å². The highest BCUT2D eigenvalue weighted by Gasteiger charge is 2.39. The highest BCUT2D eigenvalue weighted by Crippen LogP contribution is 2.37. The molecule has 1 aromatic heterocycles. The molecule has 40 heavy (non-hydrogen) atoms. The lowest BCUT2D eigenvalue weighted by atomic mass is 9.84. The zero-order chi connectivity index (χ0) is 29.3. The number of aliphatic hydroxyl groups is 2. The maximum Gasteiger partial charge on any atom is 0.337 e. The van der Waals surface area contributed by atoms with Gasteiger partial charge in [-0.15, -0.1) is 5.11 Å². The maximum absolute atomic E-state index is 13.0. The van der Waals surface area contributed by atoms with Crippen LogP contribution in [0.1, 0.15) is 28.8 Å². The molecular weight excluding hydrogens is 514 g/mol. The number of aliphatic carboxylic acids is 1. The van der Waals surface area contributed by atoms with Gasteiger partial charge in [0.05, 0.1) is 24.6 Å². The van der Waals surface area contributed by atoms with Crippen molar-refractivity contribution >= 4 is 17.2 Å². The number of phenolic OH excluding ortho intramolecular Hbond substituents is 1. The molecule has 0 saturated heterocycles. The summed E-state index contributed by atoms with van der Waals surface area (Å²) >= 11 is 0. The molecular formula is C29H35N5O6. The zero-order valence-electron chi connectivity index (χ0n) is 22.8. The van der Waals surface area contributed by atoms with Gasteiger partial charge in [0.15, 0.2) is 5.69 Å². The van der Waals surface area contributed by atoms with Gasteiger partial charge in [0.1, 0.15) is 5.75 Å². The first-order valence-electron chi connectivity index (χ1n) is 12.8. The third-order valence-corrected chi connectivity index (χ3v) is 6.44. The van der Waals surface area contributed by atoms with Crippen molar-refractivity contribution in [2.45, 2.75) is 32.7 Å². The fraction of sp³-hybridized carbons (Fsp3) is 0.310. The minimum Gasteiger partial charge on any atom is -0.507 e. The van der Waals surface area contributed by atoms with Crippen LogP contribution >= 0.6 is 0 Å². The molecule has 0 aliphatic heterocycles. The van der Waals surface area contributed by atoms with Crippen molar-refractivity contribution < 1.29 is 25.2 Å². The number of para-hydroxylation sites is 1. The molecule has 0 amide bonds. The van der Waals surface area contributed by atoms with Gasteiger partial charge in [0.2, 0.25) is 5.54 Å².